The molecule has 1 atom stereocenters. The molecule has 0 saturated carbocycles. The Bertz CT molecular complexity index is 155. The fourth-order valence-electron chi connectivity index (χ4n) is 1.79. The second-order valence-corrected chi connectivity index (χ2v) is 5.62. The van der Waals surface area contributed by atoms with Crippen LogP contribution >= 0.6 is 0 Å². The molecule has 2 N–H and O–H groups in total. The van der Waals surface area contributed by atoms with Gasteiger partial charge in [0.05, 0.1) is 0 Å². The standard InChI is InChI=1S/C13H31N3/c1-12(2)11-16(10-9-15(4)5)8-6-7-13(3)14/h12-13H,6-11,14H2,1-5H3. The predicted octanol–water partition coefficient (Wildman–Crippen LogP) is 1.63. The van der Waals surface area contributed by atoms with Crippen molar-refractivity contribution in [3.63, 3.8) is 0 Å². The molecule has 0 aromatic carbocycles. The molecule has 0 aromatic rings. The molecule has 0 saturated heterocycles. The summed E-state index contributed by atoms with van der Waals surface area (Å²) in [7, 11) is 4.27. The lowest BCUT2D eigenvalue weighted by atomic mass is 10.1. The van der Waals surface area contributed by atoms with Crippen LogP contribution < -0.4 is 5.73 Å². The SMILES string of the molecule is CC(C)CN(CCCC(C)N)CCN(C)C. The molecule has 0 aromatic heterocycles. The Morgan fingerprint density at radius 3 is 2.06 bits per heavy atom. The summed E-state index contributed by atoms with van der Waals surface area (Å²) >= 11 is 0. The first kappa shape index (κ1) is 15.9. The molecule has 0 aliphatic heterocycles. The summed E-state index contributed by atoms with van der Waals surface area (Å²) in [6, 6.07) is 0.342. The van der Waals surface area contributed by atoms with Gasteiger partial charge in [0.1, 0.15) is 0 Å². The number of nitrogens with two attached hydrogens (primary N) is 1. The van der Waals surface area contributed by atoms with Gasteiger partial charge in [-0.1, -0.05) is 13.8 Å². The van der Waals surface area contributed by atoms with Gasteiger partial charge in [0, 0.05) is 25.7 Å². The van der Waals surface area contributed by atoms with E-state index in [-0.39, 0.29) is 0 Å². The molecule has 0 heterocycles. The molecule has 0 spiro atoms. The van der Waals surface area contributed by atoms with E-state index in [1.165, 1.54) is 26.1 Å². The van der Waals surface area contributed by atoms with Crippen LogP contribution in [-0.2, 0) is 0 Å². The van der Waals surface area contributed by atoms with Crippen LogP contribution in [-0.4, -0.2) is 56.1 Å². The molecule has 0 aliphatic rings. The van der Waals surface area contributed by atoms with E-state index in [1.54, 1.807) is 0 Å². The average Bonchev–Trinajstić information content (AvgIpc) is 2.12. The average molecular weight is 229 g/mol. The zero-order chi connectivity index (χ0) is 12.6. The van der Waals surface area contributed by atoms with Crippen LogP contribution in [0.15, 0.2) is 0 Å². The fraction of sp³-hybridized carbons (Fsp3) is 1.00. The molecule has 16 heavy (non-hydrogen) atoms. The van der Waals surface area contributed by atoms with E-state index < -0.39 is 0 Å². The third-order valence-electron chi connectivity index (χ3n) is 2.62. The van der Waals surface area contributed by atoms with E-state index in [1.807, 2.05) is 0 Å². The van der Waals surface area contributed by atoms with Crippen LogP contribution in [0.3, 0.4) is 0 Å². The molecule has 0 aliphatic carbocycles. The molecule has 1 unspecified atom stereocenters. The van der Waals surface area contributed by atoms with E-state index in [2.05, 4.69) is 44.7 Å². The van der Waals surface area contributed by atoms with Gasteiger partial charge in [-0.25, -0.2) is 0 Å². The molecule has 0 bridgehead atoms. The highest BCUT2D eigenvalue weighted by Crippen LogP contribution is 2.02. The normalized spacial score (nSPS) is 14.1. The van der Waals surface area contributed by atoms with Crippen molar-refractivity contribution >= 4 is 0 Å². The summed E-state index contributed by atoms with van der Waals surface area (Å²) in [6.07, 6.45) is 2.36. The van der Waals surface area contributed by atoms with Gasteiger partial charge < -0.3 is 15.5 Å². The number of hydrogen-bond donors (Lipinski definition) is 1. The Morgan fingerprint density at radius 1 is 1.00 bits per heavy atom. The maximum atomic E-state index is 5.78. The predicted molar refractivity (Wildman–Crippen MR) is 72.7 cm³/mol. The van der Waals surface area contributed by atoms with Crippen molar-refractivity contribution in [2.24, 2.45) is 11.7 Å². The van der Waals surface area contributed by atoms with E-state index in [9.17, 15) is 0 Å². The Morgan fingerprint density at radius 2 is 1.62 bits per heavy atom. The molecule has 3 nitrogen and oxygen atoms in total. The van der Waals surface area contributed by atoms with Gasteiger partial charge in [0.15, 0.2) is 0 Å². The lowest BCUT2D eigenvalue weighted by Crippen LogP contribution is -2.35. The van der Waals surface area contributed by atoms with E-state index in [0.29, 0.717) is 6.04 Å². The fourth-order valence-corrected chi connectivity index (χ4v) is 1.79. The van der Waals surface area contributed by atoms with Gasteiger partial charge in [-0.2, -0.15) is 0 Å². The van der Waals surface area contributed by atoms with Gasteiger partial charge in [0.2, 0.25) is 0 Å². The summed E-state index contributed by atoms with van der Waals surface area (Å²) in [5.41, 5.74) is 5.78. The first-order chi connectivity index (χ1) is 7.41. The zero-order valence-corrected chi connectivity index (χ0v) is 11.9. The Hall–Kier alpha value is -0.120. The van der Waals surface area contributed by atoms with Crippen molar-refractivity contribution in [1.29, 1.82) is 0 Å². The number of rotatable bonds is 9. The Labute approximate surface area is 102 Å². The monoisotopic (exact) mass is 229 g/mol. The highest BCUT2D eigenvalue weighted by atomic mass is 15.2. The molecule has 0 radical (unpaired) electrons. The minimum Gasteiger partial charge on any atom is -0.328 e. The summed E-state index contributed by atoms with van der Waals surface area (Å²) in [5, 5.41) is 0. The smallest absolute Gasteiger partial charge is 0.0109 e. The molecule has 3 heteroatoms. The molecular formula is C13H31N3. The highest BCUT2D eigenvalue weighted by molar-refractivity contribution is 4.64. The highest BCUT2D eigenvalue weighted by Gasteiger charge is 2.07. The molecular weight excluding hydrogens is 198 g/mol. The number of hydrogen-bond acceptors (Lipinski definition) is 3. The van der Waals surface area contributed by atoms with Gasteiger partial charge in [-0.15, -0.1) is 0 Å². The minimum absolute atomic E-state index is 0.342. The van der Waals surface area contributed by atoms with Gasteiger partial charge >= 0.3 is 0 Å². The second-order valence-electron chi connectivity index (χ2n) is 5.62. The second kappa shape index (κ2) is 8.97. The maximum Gasteiger partial charge on any atom is 0.0109 e. The van der Waals surface area contributed by atoms with Crippen LogP contribution in [0, 0.1) is 5.92 Å². The van der Waals surface area contributed by atoms with E-state index in [0.717, 1.165) is 18.9 Å². The first-order valence-electron chi connectivity index (χ1n) is 6.54. The third kappa shape index (κ3) is 10.4. The van der Waals surface area contributed by atoms with Gasteiger partial charge in [-0.05, 0) is 46.3 Å². The summed E-state index contributed by atoms with van der Waals surface area (Å²) in [4.78, 5) is 4.81. The first-order valence-corrected chi connectivity index (χ1v) is 6.54. The van der Waals surface area contributed by atoms with Crippen LogP contribution in [0.1, 0.15) is 33.6 Å². The van der Waals surface area contributed by atoms with E-state index >= 15 is 0 Å². The summed E-state index contributed by atoms with van der Waals surface area (Å²) < 4.78 is 0. The summed E-state index contributed by atoms with van der Waals surface area (Å²) in [5.74, 6) is 0.748. The van der Waals surface area contributed by atoms with Gasteiger partial charge in [0.25, 0.3) is 0 Å². The third-order valence-corrected chi connectivity index (χ3v) is 2.62. The lowest BCUT2D eigenvalue weighted by Gasteiger charge is -2.26. The largest absolute Gasteiger partial charge is 0.328 e. The number of likely N-dealkylation sites (N-methyl/N-ethyl adjacent to an activating group) is 1. The quantitative estimate of drug-likeness (QED) is 0.652. The van der Waals surface area contributed by atoms with Crippen LogP contribution in [0.2, 0.25) is 0 Å². The van der Waals surface area contributed by atoms with Crippen molar-refractivity contribution in [3.8, 4) is 0 Å². The van der Waals surface area contributed by atoms with E-state index in [4.69, 9.17) is 5.73 Å². The maximum absolute atomic E-state index is 5.78. The summed E-state index contributed by atoms with van der Waals surface area (Å²) in [6.45, 7) is 11.4. The van der Waals surface area contributed by atoms with Crippen molar-refractivity contribution in [2.45, 2.75) is 39.7 Å². The molecule has 0 amide bonds. The van der Waals surface area contributed by atoms with Crippen molar-refractivity contribution in [1.82, 2.24) is 9.80 Å². The van der Waals surface area contributed by atoms with Crippen molar-refractivity contribution < 1.29 is 0 Å². The Kier molecular flexibility index (Phi) is 8.90. The van der Waals surface area contributed by atoms with Crippen LogP contribution in [0.25, 0.3) is 0 Å². The topological polar surface area (TPSA) is 32.5 Å². The Balaban J connectivity index is 3.81. The molecule has 0 fully saturated rings. The minimum atomic E-state index is 0.342. The lowest BCUT2D eigenvalue weighted by molar-refractivity contribution is 0.214. The van der Waals surface area contributed by atoms with Crippen molar-refractivity contribution in [3.05, 3.63) is 0 Å². The zero-order valence-electron chi connectivity index (χ0n) is 11.9. The molecule has 0 rings (SSSR count). The van der Waals surface area contributed by atoms with Crippen molar-refractivity contribution in [2.75, 3.05) is 40.3 Å². The van der Waals surface area contributed by atoms with Crippen LogP contribution in [0.5, 0.6) is 0 Å². The van der Waals surface area contributed by atoms with Gasteiger partial charge in [-0.3, -0.25) is 0 Å². The molecule has 98 valence electrons. The van der Waals surface area contributed by atoms with Crippen LogP contribution in [0.4, 0.5) is 0 Å². The number of nitrogens with zero attached hydrogens (tertiary/aromatic N) is 2.